The number of nitrogens with one attached hydrogen (secondary N) is 1. The molecule has 1 amide bonds. The molecule has 5 rings (SSSR count). The lowest BCUT2D eigenvalue weighted by molar-refractivity contribution is -0.128. The van der Waals surface area contributed by atoms with Gasteiger partial charge in [0.1, 0.15) is 0 Å². The van der Waals surface area contributed by atoms with E-state index in [1.165, 1.54) is 12.0 Å². The van der Waals surface area contributed by atoms with E-state index in [-0.39, 0.29) is 12.7 Å². The van der Waals surface area contributed by atoms with Crippen LogP contribution in [-0.2, 0) is 28.0 Å². The number of hydrogen-bond donors (Lipinski definition) is 1. The zero-order chi connectivity index (χ0) is 21.8. The van der Waals surface area contributed by atoms with E-state index in [4.69, 9.17) is 14.2 Å². The minimum Gasteiger partial charge on any atom is -0.454 e. The van der Waals surface area contributed by atoms with Gasteiger partial charge in [-0.15, -0.1) is 0 Å². The number of benzene rings is 2. The van der Waals surface area contributed by atoms with Crippen molar-refractivity contribution in [2.45, 2.75) is 50.6 Å². The van der Waals surface area contributed by atoms with Crippen molar-refractivity contribution in [1.82, 2.24) is 10.2 Å². The molecule has 2 aromatic rings. The summed E-state index contributed by atoms with van der Waals surface area (Å²) in [5, 5.41) is 3.26. The monoisotopic (exact) mass is 436 g/mol. The van der Waals surface area contributed by atoms with Crippen LogP contribution in [0.25, 0.3) is 0 Å². The average Bonchev–Trinajstić information content (AvgIpc) is 3.32. The van der Waals surface area contributed by atoms with Crippen LogP contribution >= 0.6 is 0 Å². The summed E-state index contributed by atoms with van der Waals surface area (Å²) in [5.74, 6) is 1.63. The Hall–Kier alpha value is -2.57. The summed E-state index contributed by atoms with van der Waals surface area (Å²) in [4.78, 5) is 16.0. The fourth-order valence-electron chi connectivity index (χ4n) is 5.20. The van der Waals surface area contributed by atoms with Crippen LogP contribution in [-0.4, -0.2) is 43.9 Å². The summed E-state index contributed by atoms with van der Waals surface area (Å²) < 4.78 is 16.5. The number of morpholine rings is 1. The van der Waals surface area contributed by atoms with Crippen LogP contribution < -0.4 is 14.8 Å². The smallest absolute Gasteiger partial charge is 0.231 e. The molecule has 1 aliphatic carbocycles. The van der Waals surface area contributed by atoms with Crippen LogP contribution in [0.1, 0.15) is 48.8 Å². The summed E-state index contributed by atoms with van der Waals surface area (Å²) in [6.07, 6.45) is 5.06. The molecular weight excluding hydrogens is 404 g/mol. The summed E-state index contributed by atoms with van der Waals surface area (Å²) in [5.41, 5.74) is 2.97. The molecule has 2 aromatic carbocycles. The van der Waals surface area contributed by atoms with Crippen molar-refractivity contribution in [3.63, 3.8) is 0 Å². The summed E-state index contributed by atoms with van der Waals surface area (Å²) in [7, 11) is 0. The lowest BCUT2D eigenvalue weighted by Crippen LogP contribution is -2.45. The van der Waals surface area contributed by atoms with E-state index in [0.29, 0.717) is 6.54 Å². The maximum absolute atomic E-state index is 13.6. The normalized spacial score (nSPS) is 20.1. The molecule has 2 heterocycles. The number of ether oxygens (including phenoxy) is 3. The second-order valence-corrected chi connectivity index (χ2v) is 9.10. The highest BCUT2D eigenvalue weighted by atomic mass is 16.7. The maximum atomic E-state index is 13.6. The van der Waals surface area contributed by atoms with Gasteiger partial charge < -0.3 is 19.5 Å². The number of rotatable bonds is 6. The van der Waals surface area contributed by atoms with E-state index in [0.717, 1.165) is 81.2 Å². The van der Waals surface area contributed by atoms with Gasteiger partial charge in [-0.2, -0.15) is 0 Å². The summed E-state index contributed by atoms with van der Waals surface area (Å²) in [6, 6.07) is 14.6. The van der Waals surface area contributed by atoms with Gasteiger partial charge >= 0.3 is 0 Å². The Balaban J connectivity index is 1.29. The fourth-order valence-corrected chi connectivity index (χ4v) is 5.20. The topological polar surface area (TPSA) is 60.0 Å². The van der Waals surface area contributed by atoms with E-state index in [1.807, 2.05) is 18.2 Å². The molecule has 2 aliphatic heterocycles. The number of hydrogen-bond acceptors (Lipinski definition) is 5. The van der Waals surface area contributed by atoms with Crippen LogP contribution in [0.15, 0.2) is 42.5 Å². The van der Waals surface area contributed by atoms with Gasteiger partial charge in [0.05, 0.1) is 18.6 Å². The van der Waals surface area contributed by atoms with Gasteiger partial charge in [0.2, 0.25) is 12.7 Å². The molecule has 6 nitrogen and oxygen atoms in total. The quantitative estimate of drug-likeness (QED) is 0.747. The predicted molar refractivity (Wildman–Crippen MR) is 122 cm³/mol. The predicted octanol–water partition coefficient (Wildman–Crippen LogP) is 3.77. The van der Waals surface area contributed by atoms with Gasteiger partial charge in [0, 0.05) is 26.2 Å². The molecule has 0 radical (unpaired) electrons. The molecule has 6 heteroatoms. The van der Waals surface area contributed by atoms with Crippen LogP contribution in [0, 0.1) is 0 Å². The van der Waals surface area contributed by atoms with Crippen LogP contribution in [0.5, 0.6) is 11.5 Å². The third-order valence-corrected chi connectivity index (χ3v) is 7.02. The number of carbonyl (C=O) groups is 1. The molecule has 1 N–H and O–H groups in total. The standard InChI is InChI=1S/C26H32N2O4/c29-25(27-17-20-5-4-6-21(15-20)18-28-11-13-30-14-12-28)26(9-2-1-3-10-26)22-7-8-23-24(16-22)32-19-31-23/h4-8,15-16H,1-3,9-14,17-19H2,(H,27,29). The van der Waals surface area contributed by atoms with E-state index in [2.05, 4.69) is 34.5 Å². The zero-order valence-electron chi connectivity index (χ0n) is 18.6. The number of amides is 1. The minimum absolute atomic E-state index is 0.120. The SMILES string of the molecule is O=C(NCc1cccc(CN2CCOCC2)c1)C1(c2ccc3c(c2)OCO3)CCCCC1. The van der Waals surface area contributed by atoms with Crippen LogP contribution in [0.3, 0.4) is 0 Å². The number of carbonyl (C=O) groups excluding carboxylic acids is 1. The van der Waals surface area contributed by atoms with Crippen molar-refractivity contribution in [2.24, 2.45) is 0 Å². The van der Waals surface area contributed by atoms with Gasteiger partial charge in [-0.25, -0.2) is 0 Å². The largest absolute Gasteiger partial charge is 0.454 e. The van der Waals surface area contributed by atoms with Crippen molar-refractivity contribution in [1.29, 1.82) is 0 Å². The van der Waals surface area contributed by atoms with Crippen molar-refractivity contribution in [3.05, 3.63) is 59.2 Å². The molecule has 1 saturated heterocycles. The van der Waals surface area contributed by atoms with Crippen LogP contribution in [0.2, 0.25) is 0 Å². The Kier molecular flexibility index (Phi) is 6.32. The molecule has 0 bridgehead atoms. The lowest BCUT2D eigenvalue weighted by Gasteiger charge is -2.36. The number of fused-ring (bicyclic) bond motifs is 1. The molecule has 0 atom stereocenters. The Morgan fingerprint density at radius 3 is 2.56 bits per heavy atom. The van der Waals surface area contributed by atoms with E-state index >= 15 is 0 Å². The Morgan fingerprint density at radius 1 is 0.938 bits per heavy atom. The molecular formula is C26H32N2O4. The summed E-state index contributed by atoms with van der Waals surface area (Å²) in [6.45, 7) is 5.26. The highest BCUT2D eigenvalue weighted by Gasteiger charge is 2.41. The number of nitrogens with zero attached hydrogens (tertiary/aromatic N) is 1. The van der Waals surface area contributed by atoms with Crippen molar-refractivity contribution < 1.29 is 19.0 Å². The zero-order valence-corrected chi connectivity index (χ0v) is 18.6. The van der Waals surface area contributed by atoms with E-state index in [1.54, 1.807) is 0 Å². The Bertz CT molecular complexity index is 949. The van der Waals surface area contributed by atoms with Gasteiger partial charge in [-0.3, -0.25) is 9.69 Å². The van der Waals surface area contributed by atoms with Crippen molar-refractivity contribution in [3.8, 4) is 11.5 Å². The molecule has 0 unspecified atom stereocenters. The van der Waals surface area contributed by atoms with Crippen LogP contribution in [0.4, 0.5) is 0 Å². The first-order valence-corrected chi connectivity index (χ1v) is 11.8. The molecule has 32 heavy (non-hydrogen) atoms. The maximum Gasteiger partial charge on any atom is 0.231 e. The Morgan fingerprint density at radius 2 is 1.72 bits per heavy atom. The molecule has 0 spiro atoms. The molecule has 1 saturated carbocycles. The van der Waals surface area contributed by atoms with Gasteiger partial charge in [-0.1, -0.05) is 49.6 Å². The summed E-state index contributed by atoms with van der Waals surface area (Å²) >= 11 is 0. The molecule has 3 aliphatic rings. The first-order valence-electron chi connectivity index (χ1n) is 11.8. The van der Waals surface area contributed by atoms with E-state index in [9.17, 15) is 4.79 Å². The first-order chi connectivity index (χ1) is 15.7. The van der Waals surface area contributed by atoms with E-state index < -0.39 is 5.41 Å². The Labute approximate surface area is 189 Å². The van der Waals surface area contributed by atoms with Gasteiger partial charge in [0.15, 0.2) is 11.5 Å². The van der Waals surface area contributed by atoms with Crippen molar-refractivity contribution in [2.75, 3.05) is 33.1 Å². The second kappa shape index (κ2) is 9.51. The highest BCUT2D eigenvalue weighted by Crippen LogP contribution is 2.43. The fraction of sp³-hybridized carbons (Fsp3) is 0.500. The van der Waals surface area contributed by atoms with Gasteiger partial charge in [0.25, 0.3) is 0 Å². The van der Waals surface area contributed by atoms with Crippen molar-refractivity contribution >= 4 is 5.91 Å². The average molecular weight is 437 g/mol. The third-order valence-electron chi connectivity index (χ3n) is 7.02. The van der Waals surface area contributed by atoms with Gasteiger partial charge in [-0.05, 0) is 41.7 Å². The lowest BCUT2D eigenvalue weighted by atomic mass is 9.68. The second-order valence-electron chi connectivity index (χ2n) is 9.10. The molecule has 0 aromatic heterocycles. The molecule has 170 valence electrons. The first kappa shape index (κ1) is 21.3. The molecule has 2 fully saturated rings. The third kappa shape index (κ3) is 4.48. The highest BCUT2D eigenvalue weighted by molar-refractivity contribution is 5.88. The minimum atomic E-state index is -0.495.